The number of hydrazine groups is 2. The van der Waals surface area contributed by atoms with E-state index in [1.165, 1.54) is 6.07 Å². The fourth-order valence-corrected chi connectivity index (χ4v) is 2.57. The van der Waals surface area contributed by atoms with E-state index in [1.807, 2.05) is 12.1 Å². The summed E-state index contributed by atoms with van der Waals surface area (Å²) in [4.78, 5) is -0.223. The summed E-state index contributed by atoms with van der Waals surface area (Å²) in [5.41, 5.74) is 7.18. The normalized spacial score (nSPS) is 11.6. The fraction of sp³-hybridized carbons (Fsp3) is 0. The maximum Gasteiger partial charge on any atom is 0.295 e. The molecule has 0 bridgehead atoms. The van der Waals surface area contributed by atoms with Gasteiger partial charge in [0.25, 0.3) is 10.1 Å². The number of anilines is 2. The summed E-state index contributed by atoms with van der Waals surface area (Å²) in [6.45, 7) is 0. The predicted octanol–water partition coefficient (Wildman–Crippen LogP) is 1.67. The first-order chi connectivity index (χ1) is 10.4. The molecule has 0 aliphatic heterocycles. The van der Waals surface area contributed by atoms with Gasteiger partial charge in [-0.15, -0.1) is 0 Å². The van der Waals surface area contributed by atoms with Gasteiger partial charge in [-0.2, -0.15) is 8.42 Å². The number of hydrogen-bond acceptors (Lipinski definition) is 6. The Kier molecular flexibility index (Phi) is 4.78. The molecule has 0 aliphatic carbocycles. The molecular formula is C14H16N4O3S. The zero-order valence-electron chi connectivity index (χ0n) is 11.5. The molecule has 116 valence electrons. The van der Waals surface area contributed by atoms with Crippen LogP contribution in [-0.2, 0) is 10.1 Å². The van der Waals surface area contributed by atoms with E-state index in [2.05, 4.69) is 10.9 Å². The number of hydrogen-bond donors (Lipinski definition) is 5. The molecule has 8 heteroatoms. The van der Waals surface area contributed by atoms with E-state index < -0.39 is 10.1 Å². The van der Waals surface area contributed by atoms with E-state index in [0.717, 1.165) is 11.3 Å². The average molecular weight is 320 g/mol. The molecule has 7 N–H and O–H groups in total. The van der Waals surface area contributed by atoms with Gasteiger partial charge in [-0.3, -0.25) is 16.2 Å². The van der Waals surface area contributed by atoms with E-state index in [0.29, 0.717) is 11.3 Å². The molecule has 0 saturated carbocycles. The standard InChI is InChI=1S/C14H16N4O3S/c15-17-12-6-2-10(3-7-12)1-4-11-5-8-13(18-16)9-14(11)22(19,20)21/h1-9,17-18H,15-16H2,(H,19,20,21). The van der Waals surface area contributed by atoms with Gasteiger partial charge in [0.05, 0.1) is 0 Å². The molecule has 7 nitrogen and oxygen atoms in total. The topological polar surface area (TPSA) is 130 Å². The Hall–Kier alpha value is -2.39. The first kappa shape index (κ1) is 16.0. The molecule has 0 heterocycles. The zero-order chi connectivity index (χ0) is 16.2. The summed E-state index contributed by atoms with van der Waals surface area (Å²) in [5.74, 6) is 10.5. The quantitative estimate of drug-likeness (QED) is 0.245. The van der Waals surface area contributed by atoms with Crippen molar-refractivity contribution in [1.29, 1.82) is 0 Å². The number of nitrogens with one attached hydrogen (secondary N) is 2. The minimum absolute atomic E-state index is 0.223. The maximum absolute atomic E-state index is 11.4. The molecule has 0 spiro atoms. The fourth-order valence-electron chi connectivity index (χ4n) is 1.86. The second kappa shape index (κ2) is 6.58. The van der Waals surface area contributed by atoms with E-state index in [9.17, 15) is 13.0 Å². The highest BCUT2D eigenvalue weighted by molar-refractivity contribution is 7.86. The van der Waals surface area contributed by atoms with Gasteiger partial charge in [0.1, 0.15) is 4.90 Å². The molecule has 2 aromatic carbocycles. The smallest absolute Gasteiger partial charge is 0.295 e. The second-order valence-electron chi connectivity index (χ2n) is 4.47. The second-order valence-corrected chi connectivity index (χ2v) is 5.86. The van der Waals surface area contributed by atoms with Crippen molar-refractivity contribution in [2.24, 2.45) is 11.7 Å². The van der Waals surface area contributed by atoms with Gasteiger partial charge in [0.2, 0.25) is 0 Å². The van der Waals surface area contributed by atoms with E-state index >= 15 is 0 Å². The van der Waals surface area contributed by atoms with Crippen molar-refractivity contribution in [3.63, 3.8) is 0 Å². The summed E-state index contributed by atoms with van der Waals surface area (Å²) in [7, 11) is -4.35. The lowest BCUT2D eigenvalue weighted by molar-refractivity contribution is 0.483. The van der Waals surface area contributed by atoms with Crippen molar-refractivity contribution in [3.05, 3.63) is 53.6 Å². The Balaban J connectivity index is 2.37. The summed E-state index contributed by atoms with van der Waals surface area (Å²) in [6, 6.07) is 11.6. The van der Waals surface area contributed by atoms with Crippen LogP contribution in [0.1, 0.15) is 11.1 Å². The Labute approximate surface area is 128 Å². The van der Waals surface area contributed by atoms with Crippen LogP contribution in [0, 0.1) is 0 Å². The molecule has 22 heavy (non-hydrogen) atoms. The van der Waals surface area contributed by atoms with Gasteiger partial charge < -0.3 is 10.9 Å². The van der Waals surface area contributed by atoms with Crippen LogP contribution in [0.25, 0.3) is 12.2 Å². The van der Waals surface area contributed by atoms with Crippen LogP contribution in [0.15, 0.2) is 47.4 Å². The minimum atomic E-state index is -4.35. The van der Waals surface area contributed by atoms with Crippen molar-refractivity contribution in [2.75, 3.05) is 10.9 Å². The van der Waals surface area contributed by atoms with Crippen molar-refractivity contribution in [2.45, 2.75) is 4.90 Å². The lowest BCUT2D eigenvalue weighted by Gasteiger charge is -2.06. The number of nitrogens with two attached hydrogens (primary N) is 2. The van der Waals surface area contributed by atoms with Crippen molar-refractivity contribution >= 4 is 33.6 Å². The van der Waals surface area contributed by atoms with Crippen LogP contribution < -0.4 is 22.5 Å². The summed E-state index contributed by atoms with van der Waals surface area (Å²) in [6.07, 6.45) is 3.31. The van der Waals surface area contributed by atoms with Crippen LogP contribution >= 0.6 is 0 Å². The maximum atomic E-state index is 11.4. The third-order valence-electron chi connectivity index (χ3n) is 2.99. The van der Waals surface area contributed by atoms with Gasteiger partial charge >= 0.3 is 0 Å². The van der Waals surface area contributed by atoms with Crippen LogP contribution in [-0.4, -0.2) is 13.0 Å². The Morgan fingerprint density at radius 1 is 0.909 bits per heavy atom. The highest BCUT2D eigenvalue weighted by Crippen LogP contribution is 2.22. The molecule has 0 radical (unpaired) electrons. The van der Waals surface area contributed by atoms with E-state index in [1.54, 1.807) is 36.4 Å². The molecular weight excluding hydrogens is 304 g/mol. The van der Waals surface area contributed by atoms with Gasteiger partial charge in [0, 0.05) is 11.4 Å². The van der Waals surface area contributed by atoms with Gasteiger partial charge in [-0.25, -0.2) is 0 Å². The third kappa shape index (κ3) is 3.83. The molecule has 0 saturated heterocycles. The van der Waals surface area contributed by atoms with Gasteiger partial charge in [-0.1, -0.05) is 30.4 Å². The van der Waals surface area contributed by atoms with Crippen molar-refractivity contribution in [1.82, 2.24) is 0 Å². The number of benzene rings is 2. The van der Waals surface area contributed by atoms with Crippen LogP contribution in [0.4, 0.5) is 11.4 Å². The predicted molar refractivity (Wildman–Crippen MR) is 87.2 cm³/mol. The van der Waals surface area contributed by atoms with E-state index in [4.69, 9.17) is 11.7 Å². The average Bonchev–Trinajstić information content (AvgIpc) is 2.52. The van der Waals surface area contributed by atoms with Crippen molar-refractivity contribution < 1.29 is 13.0 Å². The lowest BCUT2D eigenvalue weighted by atomic mass is 10.1. The van der Waals surface area contributed by atoms with Crippen molar-refractivity contribution in [3.8, 4) is 0 Å². The molecule has 0 atom stereocenters. The lowest BCUT2D eigenvalue weighted by Crippen LogP contribution is -2.08. The Morgan fingerprint density at radius 3 is 2.05 bits per heavy atom. The molecule has 0 aliphatic rings. The zero-order valence-corrected chi connectivity index (χ0v) is 12.3. The molecule has 2 aromatic rings. The van der Waals surface area contributed by atoms with Gasteiger partial charge in [0.15, 0.2) is 0 Å². The Bertz CT molecular complexity index is 786. The molecule has 2 rings (SSSR count). The monoisotopic (exact) mass is 320 g/mol. The highest BCUT2D eigenvalue weighted by Gasteiger charge is 2.14. The van der Waals surface area contributed by atoms with Gasteiger partial charge in [-0.05, 0) is 35.4 Å². The minimum Gasteiger partial charge on any atom is -0.324 e. The van der Waals surface area contributed by atoms with Crippen LogP contribution in [0.2, 0.25) is 0 Å². The molecule has 0 fully saturated rings. The largest absolute Gasteiger partial charge is 0.324 e. The van der Waals surface area contributed by atoms with Crippen LogP contribution in [0.3, 0.4) is 0 Å². The first-order valence-corrected chi connectivity index (χ1v) is 7.71. The first-order valence-electron chi connectivity index (χ1n) is 6.27. The molecule has 0 unspecified atom stereocenters. The van der Waals surface area contributed by atoms with E-state index in [-0.39, 0.29) is 4.90 Å². The summed E-state index contributed by atoms with van der Waals surface area (Å²) in [5, 5.41) is 0. The SMILES string of the molecule is NNc1ccc(C=Cc2ccc(NN)cc2S(=O)(=O)O)cc1. The third-order valence-corrected chi connectivity index (χ3v) is 3.90. The molecule has 0 amide bonds. The summed E-state index contributed by atoms with van der Waals surface area (Å²) < 4.78 is 32.2. The summed E-state index contributed by atoms with van der Waals surface area (Å²) >= 11 is 0. The van der Waals surface area contributed by atoms with Crippen LogP contribution in [0.5, 0.6) is 0 Å². The molecule has 0 aromatic heterocycles. The Morgan fingerprint density at radius 2 is 1.50 bits per heavy atom. The number of nitrogen functional groups attached to an aromatic ring is 2. The highest BCUT2D eigenvalue weighted by atomic mass is 32.2. The number of rotatable bonds is 5.